The molecule has 0 saturated heterocycles. The van der Waals surface area contributed by atoms with E-state index in [1.807, 2.05) is 0 Å². The van der Waals surface area contributed by atoms with E-state index in [1.54, 1.807) is 18.8 Å². The van der Waals surface area contributed by atoms with Gasteiger partial charge in [0.05, 0.1) is 7.11 Å². The highest BCUT2D eigenvalue weighted by atomic mass is 32.1. The van der Waals surface area contributed by atoms with Gasteiger partial charge in [-0.05, 0) is 72.1 Å². The van der Waals surface area contributed by atoms with E-state index in [9.17, 15) is 4.79 Å². The third-order valence-corrected chi connectivity index (χ3v) is 8.87. The van der Waals surface area contributed by atoms with Gasteiger partial charge in [-0.25, -0.2) is 0 Å². The molecule has 220 valence electrons. The molecule has 2 aliphatic rings. The van der Waals surface area contributed by atoms with Crippen molar-refractivity contribution >= 4 is 35.3 Å². The molecule has 4 rings (SSSR count). The van der Waals surface area contributed by atoms with Crippen molar-refractivity contribution in [2.45, 2.75) is 92.4 Å². The fourth-order valence-corrected chi connectivity index (χ4v) is 6.25. The molecule has 1 amide bonds. The van der Waals surface area contributed by atoms with E-state index in [0.29, 0.717) is 18.8 Å². The normalized spacial score (nSPS) is 12.8. The van der Waals surface area contributed by atoms with Crippen LogP contribution in [0.5, 0.6) is 5.75 Å². The van der Waals surface area contributed by atoms with Crippen LogP contribution in [0.25, 0.3) is 23.4 Å². The standard InChI is InChI=1S/C35H47N3O2S/c1-23(2)17-18-36-32(39)16-15-27-13-14-29-22-31-24(3)19-28(38(31)41-37(27)29)12-11-25-20-26(34(4,5)6)21-30(33(25)40-10)35(7,8)9/h11-14,19-23H,15-18H2,1-10H3/p+1. The van der Waals surface area contributed by atoms with Crippen LogP contribution in [0.1, 0.15) is 102 Å². The third-order valence-electron chi connectivity index (χ3n) is 7.69. The van der Waals surface area contributed by atoms with Crippen LogP contribution in [0.4, 0.5) is 0 Å². The zero-order chi connectivity index (χ0) is 30.1. The lowest BCUT2D eigenvalue weighted by atomic mass is 9.79. The molecule has 41 heavy (non-hydrogen) atoms. The highest BCUT2D eigenvalue weighted by Crippen LogP contribution is 2.39. The fourth-order valence-electron chi connectivity index (χ4n) is 5.13. The lowest BCUT2D eigenvalue weighted by Gasteiger charge is -2.28. The minimum Gasteiger partial charge on any atom is -0.496 e. The molecule has 0 unspecified atom stereocenters. The lowest BCUT2D eigenvalue weighted by Crippen LogP contribution is -2.30. The summed E-state index contributed by atoms with van der Waals surface area (Å²) >= 11 is 1.68. The van der Waals surface area contributed by atoms with Gasteiger partial charge in [-0.1, -0.05) is 61.5 Å². The van der Waals surface area contributed by atoms with Crippen molar-refractivity contribution in [3.63, 3.8) is 0 Å². The quantitative estimate of drug-likeness (QED) is 0.207. The number of methoxy groups -OCH3 is 1. The molecule has 5 nitrogen and oxygen atoms in total. The van der Waals surface area contributed by atoms with Crippen molar-refractivity contribution < 1.29 is 13.5 Å². The van der Waals surface area contributed by atoms with Gasteiger partial charge in [0.1, 0.15) is 22.7 Å². The molecule has 6 heteroatoms. The number of fused-ring (bicyclic) bond motifs is 2. The first kappa shape index (κ1) is 30.8. The van der Waals surface area contributed by atoms with E-state index in [1.165, 1.54) is 22.4 Å². The second-order valence-electron chi connectivity index (χ2n) is 13.7. The molecule has 1 aromatic heterocycles. The summed E-state index contributed by atoms with van der Waals surface area (Å²) in [6.07, 6.45) is 6.60. The van der Waals surface area contributed by atoms with Gasteiger partial charge in [-0.2, -0.15) is 0 Å². The topological polar surface area (TPSA) is 46.6 Å². The van der Waals surface area contributed by atoms with Crippen LogP contribution in [-0.4, -0.2) is 23.4 Å². The van der Waals surface area contributed by atoms with Gasteiger partial charge in [-0.15, -0.1) is 7.75 Å². The van der Waals surface area contributed by atoms with Gasteiger partial charge in [0.15, 0.2) is 5.69 Å². The Morgan fingerprint density at radius 1 is 1.05 bits per heavy atom. The summed E-state index contributed by atoms with van der Waals surface area (Å²) in [6.45, 7) is 20.8. The predicted molar refractivity (Wildman–Crippen MR) is 173 cm³/mol. The maximum absolute atomic E-state index is 12.4. The van der Waals surface area contributed by atoms with Crippen LogP contribution >= 0.6 is 11.7 Å². The Morgan fingerprint density at radius 3 is 2.41 bits per heavy atom. The van der Waals surface area contributed by atoms with Gasteiger partial charge in [0.2, 0.25) is 17.6 Å². The number of benzene rings is 1. The third kappa shape index (κ3) is 7.03. The van der Waals surface area contributed by atoms with Crippen LogP contribution in [0, 0.1) is 12.8 Å². The second-order valence-corrected chi connectivity index (χ2v) is 14.6. The average molecular weight is 575 g/mol. The Kier molecular flexibility index (Phi) is 9.03. The molecule has 0 radical (unpaired) electrons. The maximum Gasteiger partial charge on any atom is 0.242 e. The van der Waals surface area contributed by atoms with E-state index in [-0.39, 0.29) is 16.7 Å². The fraction of sp³-hybridized carbons (Fsp3) is 0.486. The van der Waals surface area contributed by atoms with Crippen LogP contribution in [0.2, 0.25) is 0 Å². The molecule has 2 aromatic rings. The van der Waals surface area contributed by atoms with E-state index < -0.39 is 0 Å². The monoisotopic (exact) mass is 574 g/mol. The number of rotatable bonds is 9. The molecule has 0 bridgehead atoms. The van der Waals surface area contributed by atoms with Crippen molar-refractivity contribution in [3.05, 3.63) is 70.0 Å². The van der Waals surface area contributed by atoms with Crippen molar-refractivity contribution in [1.29, 1.82) is 0 Å². The van der Waals surface area contributed by atoms with Gasteiger partial charge >= 0.3 is 0 Å². The summed E-state index contributed by atoms with van der Waals surface area (Å²) in [6, 6.07) is 13.4. The zero-order valence-electron chi connectivity index (χ0n) is 26.6. The summed E-state index contributed by atoms with van der Waals surface area (Å²) in [7, 11) is 1.77. The number of aromatic nitrogens is 2. The average Bonchev–Trinajstić information content (AvgIpc) is 3.42. The summed E-state index contributed by atoms with van der Waals surface area (Å²) in [5, 5.41) is 3.07. The highest BCUT2D eigenvalue weighted by Gasteiger charge is 2.26. The number of hydrogen-bond donors (Lipinski definition) is 1. The van der Waals surface area contributed by atoms with Crippen molar-refractivity contribution in [2.24, 2.45) is 5.92 Å². The van der Waals surface area contributed by atoms with Gasteiger partial charge < -0.3 is 10.1 Å². The molecule has 1 N–H and O–H groups in total. The summed E-state index contributed by atoms with van der Waals surface area (Å²) < 4.78 is 10.5. The summed E-state index contributed by atoms with van der Waals surface area (Å²) in [5.41, 5.74) is 9.46. The number of aryl methyl sites for hydroxylation is 2. The van der Waals surface area contributed by atoms with Gasteiger partial charge in [-0.3, -0.25) is 4.79 Å². The summed E-state index contributed by atoms with van der Waals surface area (Å²) in [4.78, 5) is 12.4. The largest absolute Gasteiger partial charge is 0.496 e. The van der Waals surface area contributed by atoms with E-state index in [4.69, 9.17) is 4.74 Å². The zero-order valence-corrected chi connectivity index (χ0v) is 27.5. The number of nitrogens with one attached hydrogen (secondary N) is 1. The molecule has 2 aliphatic heterocycles. The van der Waals surface area contributed by atoms with Crippen molar-refractivity contribution in [1.82, 2.24) is 9.11 Å². The first-order valence-corrected chi connectivity index (χ1v) is 15.6. The Balaban J connectivity index is 1.69. The van der Waals surface area contributed by atoms with Gasteiger partial charge in [0, 0.05) is 42.1 Å². The number of ether oxygens (including phenoxy) is 1. The highest BCUT2D eigenvalue weighted by molar-refractivity contribution is 6.96. The Morgan fingerprint density at radius 2 is 1.78 bits per heavy atom. The number of carbonyl (C=O) groups is 1. The summed E-state index contributed by atoms with van der Waals surface area (Å²) in [5.74, 6) is 1.64. The predicted octanol–water partition coefficient (Wildman–Crippen LogP) is 7.89. The molecule has 0 spiro atoms. The molecule has 0 aliphatic carbocycles. The van der Waals surface area contributed by atoms with Crippen LogP contribution in [0.3, 0.4) is 0 Å². The first-order valence-electron chi connectivity index (χ1n) is 14.8. The SMILES string of the molecule is COc1c(C=Cc2cc(C)c3cc4ccc(CCC(=O)NCCC(C)C)n4s[n+]2-3)cc(C(C)(C)C)cc1C(C)(C)C. The maximum atomic E-state index is 12.4. The molecule has 3 heterocycles. The molecule has 1 aromatic carbocycles. The molecular formula is C35H48N3O2S+. The van der Waals surface area contributed by atoms with Crippen molar-refractivity contribution in [3.8, 4) is 11.4 Å². The molecule has 0 fully saturated rings. The second kappa shape index (κ2) is 12.0. The Bertz CT molecular complexity index is 1530. The van der Waals surface area contributed by atoms with Crippen molar-refractivity contribution in [2.75, 3.05) is 13.7 Å². The van der Waals surface area contributed by atoms with E-state index in [0.717, 1.165) is 41.2 Å². The number of carbonyl (C=O) groups excluding carboxylic acids is 1. The van der Waals surface area contributed by atoms with Crippen LogP contribution in [-0.2, 0) is 22.0 Å². The Hall–Kier alpha value is -3.12. The van der Waals surface area contributed by atoms with Crippen LogP contribution < -0.4 is 14.0 Å². The Labute approximate surface area is 250 Å². The minimum absolute atomic E-state index is 0.0248. The molecule has 0 atom stereocenters. The lowest BCUT2D eigenvalue weighted by molar-refractivity contribution is -0.522. The van der Waals surface area contributed by atoms with E-state index >= 15 is 0 Å². The van der Waals surface area contributed by atoms with Crippen LogP contribution in [0.15, 0.2) is 36.4 Å². The number of hydrogen-bond acceptors (Lipinski definition) is 3. The smallest absolute Gasteiger partial charge is 0.242 e. The minimum atomic E-state index is -0.0443. The molecular weight excluding hydrogens is 526 g/mol. The number of nitrogens with zero attached hydrogens (tertiary/aromatic N) is 2. The number of amides is 1. The first-order chi connectivity index (χ1) is 19.2. The van der Waals surface area contributed by atoms with Gasteiger partial charge in [0.25, 0.3) is 0 Å². The van der Waals surface area contributed by atoms with E-state index in [2.05, 4.69) is 124 Å². The molecule has 0 saturated carbocycles.